The summed E-state index contributed by atoms with van der Waals surface area (Å²) in [4.78, 5) is 12.1. The zero-order valence-electron chi connectivity index (χ0n) is 12.3. The fraction of sp³-hybridized carbons (Fsp3) is 0.333. The van der Waals surface area contributed by atoms with E-state index in [0.717, 1.165) is 12.8 Å². The predicted molar refractivity (Wildman–Crippen MR) is 80.7 cm³/mol. The highest BCUT2D eigenvalue weighted by atomic mass is 16.1. The lowest BCUT2D eigenvalue weighted by atomic mass is 9.96. The molecule has 0 radical (unpaired) electrons. The largest absolute Gasteiger partial charge is 0.392 e. The summed E-state index contributed by atoms with van der Waals surface area (Å²) in [5, 5.41) is 0. The van der Waals surface area contributed by atoms with E-state index in [9.17, 15) is 4.79 Å². The fourth-order valence-electron chi connectivity index (χ4n) is 2.24. The van der Waals surface area contributed by atoms with Crippen molar-refractivity contribution >= 4 is 5.91 Å². The van der Waals surface area contributed by atoms with Crippen molar-refractivity contribution in [3.05, 3.63) is 66.0 Å². The van der Waals surface area contributed by atoms with Crippen LogP contribution in [0, 0.1) is 0 Å². The van der Waals surface area contributed by atoms with E-state index >= 15 is 0 Å². The molecule has 1 unspecified atom stereocenters. The summed E-state index contributed by atoms with van der Waals surface area (Å²) in [6.07, 6.45) is 6.09. The van der Waals surface area contributed by atoms with Crippen LogP contribution in [-0.2, 0) is 6.42 Å². The lowest BCUT2D eigenvalue weighted by Crippen LogP contribution is -2.41. The quantitative estimate of drug-likeness (QED) is 0.756. The van der Waals surface area contributed by atoms with E-state index in [4.69, 9.17) is 0 Å². The highest BCUT2D eigenvalue weighted by molar-refractivity contribution is 5.67. The van der Waals surface area contributed by atoms with Gasteiger partial charge >= 0.3 is 5.91 Å². The van der Waals surface area contributed by atoms with Crippen LogP contribution in [0.15, 0.2) is 54.9 Å². The van der Waals surface area contributed by atoms with Gasteiger partial charge in [-0.25, -0.2) is 4.79 Å². The number of rotatable bonds is 5. The summed E-state index contributed by atoms with van der Waals surface area (Å²) >= 11 is 0. The molecule has 1 aromatic heterocycles. The Labute approximate surface area is 121 Å². The van der Waals surface area contributed by atoms with Gasteiger partial charge in [0.15, 0.2) is 12.4 Å². The van der Waals surface area contributed by atoms with Gasteiger partial charge in [-0.05, 0) is 29.9 Å². The first-order valence-corrected chi connectivity index (χ1v) is 7.29. The summed E-state index contributed by atoms with van der Waals surface area (Å²) < 4.78 is 1.65. The van der Waals surface area contributed by atoms with Gasteiger partial charge in [-0.2, -0.15) is 0 Å². The SMILES string of the molecule is CCC(C)c1cccc(CCC(=O)[n+]2ccccc2)c1. The third-order valence-corrected chi connectivity index (χ3v) is 3.76. The molecule has 0 aliphatic rings. The van der Waals surface area contributed by atoms with Crippen molar-refractivity contribution in [1.29, 1.82) is 0 Å². The van der Waals surface area contributed by atoms with Gasteiger partial charge in [-0.3, -0.25) is 0 Å². The van der Waals surface area contributed by atoms with Gasteiger partial charge in [0.05, 0.1) is 6.42 Å². The third-order valence-electron chi connectivity index (χ3n) is 3.76. The minimum atomic E-state index is 0.138. The number of aryl methyl sites for hydroxylation is 1. The van der Waals surface area contributed by atoms with Crippen molar-refractivity contribution in [3.63, 3.8) is 0 Å². The second kappa shape index (κ2) is 6.99. The van der Waals surface area contributed by atoms with Gasteiger partial charge in [0.2, 0.25) is 0 Å². The minimum Gasteiger partial charge on any atom is -0.219 e. The number of carbonyl (C=O) groups excluding carboxylic acids is 1. The number of hydrogen-bond donors (Lipinski definition) is 0. The standard InChI is InChI=1S/C18H22NO/c1-3-15(2)17-9-7-8-16(14-17)10-11-18(20)19-12-5-4-6-13-19/h4-9,12-15H,3,10-11H2,1-2H3/q+1. The number of benzene rings is 1. The molecule has 0 fully saturated rings. The molecule has 2 heteroatoms. The average molecular weight is 268 g/mol. The second-order valence-corrected chi connectivity index (χ2v) is 5.23. The van der Waals surface area contributed by atoms with Gasteiger partial charge in [0, 0.05) is 12.1 Å². The summed E-state index contributed by atoms with van der Waals surface area (Å²) in [7, 11) is 0. The van der Waals surface area contributed by atoms with Crippen molar-refractivity contribution in [2.24, 2.45) is 0 Å². The van der Waals surface area contributed by atoms with Crippen LogP contribution >= 0.6 is 0 Å². The number of carbonyl (C=O) groups is 1. The van der Waals surface area contributed by atoms with Crippen molar-refractivity contribution in [2.45, 2.75) is 39.0 Å². The molecule has 2 rings (SSSR count). The first kappa shape index (κ1) is 14.4. The van der Waals surface area contributed by atoms with E-state index in [1.54, 1.807) is 17.0 Å². The zero-order valence-corrected chi connectivity index (χ0v) is 12.3. The topological polar surface area (TPSA) is 20.9 Å². The molecule has 0 saturated carbocycles. The highest BCUT2D eigenvalue weighted by Gasteiger charge is 2.13. The first-order chi connectivity index (χ1) is 9.70. The van der Waals surface area contributed by atoms with Crippen LogP contribution in [0.2, 0.25) is 0 Å². The van der Waals surface area contributed by atoms with Gasteiger partial charge in [-0.15, -0.1) is 4.57 Å². The van der Waals surface area contributed by atoms with Gasteiger partial charge in [0.25, 0.3) is 0 Å². The van der Waals surface area contributed by atoms with E-state index in [0.29, 0.717) is 12.3 Å². The smallest absolute Gasteiger partial charge is 0.219 e. The number of aromatic nitrogens is 1. The van der Waals surface area contributed by atoms with Crippen molar-refractivity contribution < 1.29 is 9.36 Å². The van der Waals surface area contributed by atoms with Gasteiger partial charge in [-0.1, -0.05) is 44.2 Å². The van der Waals surface area contributed by atoms with Crippen molar-refractivity contribution in [1.82, 2.24) is 0 Å². The monoisotopic (exact) mass is 268 g/mol. The Morgan fingerprint density at radius 3 is 2.60 bits per heavy atom. The Kier molecular flexibility index (Phi) is 5.05. The van der Waals surface area contributed by atoms with E-state index in [2.05, 4.69) is 38.1 Å². The number of pyridine rings is 1. The molecule has 0 saturated heterocycles. The van der Waals surface area contributed by atoms with Crippen LogP contribution < -0.4 is 4.57 Å². The maximum Gasteiger partial charge on any atom is 0.392 e. The molecule has 0 amide bonds. The maximum atomic E-state index is 12.1. The van der Waals surface area contributed by atoms with Crippen molar-refractivity contribution in [3.8, 4) is 0 Å². The van der Waals surface area contributed by atoms with Crippen LogP contribution in [-0.4, -0.2) is 5.91 Å². The van der Waals surface area contributed by atoms with Crippen LogP contribution in [0.4, 0.5) is 0 Å². The summed E-state index contributed by atoms with van der Waals surface area (Å²) in [5.74, 6) is 0.716. The Balaban J connectivity index is 1.99. The second-order valence-electron chi connectivity index (χ2n) is 5.23. The molecule has 1 atom stereocenters. The lowest BCUT2D eigenvalue weighted by molar-refractivity contribution is -0.574. The number of nitrogens with zero attached hydrogens (tertiary/aromatic N) is 1. The molecule has 0 aliphatic carbocycles. The van der Waals surface area contributed by atoms with E-state index < -0.39 is 0 Å². The summed E-state index contributed by atoms with van der Waals surface area (Å²) in [5.41, 5.74) is 2.61. The predicted octanol–water partition coefficient (Wildman–Crippen LogP) is 3.76. The van der Waals surface area contributed by atoms with Crippen LogP contribution in [0.25, 0.3) is 0 Å². The molecule has 1 aromatic carbocycles. The zero-order chi connectivity index (χ0) is 14.4. The molecule has 0 spiro atoms. The van der Waals surface area contributed by atoms with Gasteiger partial charge in [0.1, 0.15) is 0 Å². The minimum absolute atomic E-state index is 0.138. The van der Waals surface area contributed by atoms with Crippen LogP contribution in [0.3, 0.4) is 0 Å². The molecular formula is C18H22NO+. The third kappa shape index (κ3) is 3.77. The Hall–Kier alpha value is -1.96. The summed E-state index contributed by atoms with van der Waals surface area (Å²) in [6.45, 7) is 4.44. The van der Waals surface area contributed by atoms with E-state index in [-0.39, 0.29) is 5.91 Å². The molecule has 0 N–H and O–H groups in total. The Morgan fingerprint density at radius 1 is 1.15 bits per heavy atom. The average Bonchev–Trinajstić information content (AvgIpc) is 2.53. The molecule has 2 nitrogen and oxygen atoms in total. The number of hydrogen-bond acceptors (Lipinski definition) is 1. The van der Waals surface area contributed by atoms with Gasteiger partial charge < -0.3 is 0 Å². The molecule has 2 aromatic rings. The Morgan fingerprint density at radius 2 is 1.90 bits per heavy atom. The fourth-order valence-corrected chi connectivity index (χ4v) is 2.24. The van der Waals surface area contributed by atoms with E-state index in [1.165, 1.54) is 11.1 Å². The molecular weight excluding hydrogens is 246 g/mol. The molecule has 1 heterocycles. The maximum absolute atomic E-state index is 12.1. The molecule has 0 aliphatic heterocycles. The highest BCUT2D eigenvalue weighted by Crippen LogP contribution is 2.20. The summed E-state index contributed by atoms with van der Waals surface area (Å²) in [6, 6.07) is 14.3. The first-order valence-electron chi connectivity index (χ1n) is 7.29. The lowest BCUT2D eigenvalue weighted by Gasteiger charge is -2.10. The molecule has 0 bridgehead atoms. The van der Waals surface area contributed by atoms with E-state index in [1.807, 2.05) is 18.2 Å². The van der Waals surface area contributed by atoms with Crippen LogP contribution in [0.1, 0.15) is 48.5 Å². The normalized spacial score (nSPS) is 12.1. The van der Waals surface area contributed by atoms with Crippen LogP contribution in [0.5, 0.6) is 0 Å². The molecule has 20 heavy (non-hydrogen) atoms. The molecule has 104 valence electrons. The van der Waals surface area contributed by atoms with Crippen molar-refractivity contribution in [2.75, 3.05) is 0 Å². The Bertz CT molecular complexity index is 563.